The second-order valence-corrected chi connectivity index (χ2v) is 5.90. The van der Waals surface area contributed by atoms with Gasteiger partial charge in [-0.3, -0.25) is 5.01 Å². The molecule has 2 rings (SSSR count). The highest BCUT2D eigenvalue weighted by Crippen LogP contribution is 2.35. The minimum absolute atomic E-state index is 0.473. The SMILES string of the molecule is COc1cc(/C=N\N2[C@H](C)CCC[C@H]2C)cc(Cl)c1OC. The third-order valence-corrected chi connectivity index (χ3v) is 4.22. The van der Waals surface area contributed by atoms with Gasteiger partial charge in [-0.1, -0.05) is 11.6 Å². The van der Waals surface area contributed by atoms with Crippen LogP contribution in [0.1, 0.15) is 38.7 Å². The van der Waals surface area contributed by atoms with E-state index in [0.29, 0.717) is 28.6 Å². The maximum absolute atomic E-state index is 6.21. The molecule has 5 heteroatoms. The molecule has 1 heterocycles. The van der Waals surface area contributed by atoms with E-state index >= 15 is 0 Å². The van der Waals surface area contributed by atoms with Crippen LogP contribution in [-0.2, 0) is 0 Å². The molecule has 1 aromatic carbocycles. The summed E-state index contributed by atoms with van der Waals surface area (Å²) in [6.45, 7) is 4.43. The molecule has 1 fully saturated rings. The van der Waals surface area contributed by atoms with Crippen molar-refractivity contribution in [3.8, 4) is 11.5 Å². The Bertz CT molecular complexity index is 509. The molecule has 0 radical (unpaired) electrons. The lowest BCUT2D eigenvalue weighted by Gasteiger charge is -2.36. The minimum Gasteiger partial charge on any atom is -0.493 e. The molecule has 0 spiro atoms. The number of halogens is 1. The predicted molar refractivity (Wildman–Crippen MR) is 86.8 cm³/mol. The minimum atomic E-state index is 0.473. The summed E-state index contributed by atoms with van der Waals surface area (Å²) in [5.74, 6) is 1.17. The van der Waals surface area contributed by atoms with Gasteiger partial charge < -0.3 is 9.47 Å². The van der Waals surface area contributed by atoms with E-state index in [1.165, 1.54) is 19.3 Å². The molecule has 0 unspecified atom stereocenters. The summed E-state index contributed by atoms with van der Waals surface area (Å²) in [7, 11) is 3.18. The molecular weight excluding hydrogens is 288 g/mol. The van der Waals surface area contributed by atoms with Gasteiger partial charge in [0.1, 0.15) is 0 Å². The third kappa shape index (κ3) is 3.62. The molecule has 0 amide bonds. The number of hydrogen-bond acceptors (Lipinski definition) is 4. The Morgan fingerprint density at radius 2 is 1.86 bits per heavy atom. The first-order valence-electron chi connectivity index (χ1n) is 7.30. The zero-order chi connectivity index (χ0) is 15.4. The molecule has 4 nitrogen and oxygen atoms in total. The van der Waals surface area contributed by atoms with Gasteiger partial charge in [-0.15, -0.1) is 0 Å². The number of rotatable bonds is 4. The molecule has 0 saturated carbocycles. The molecule has 1 aliphatic rings. The number of piperidine rings is 1. The molecule has 0 aliphatic carbocycles. The summed E-state index contributed by atoms with van der Waals surface area (Å²) in [4.78, 5) is 0. The van der Waals surface area contributed by atoms with E-state index in [9.17, 15) is 0 Å². The van der Waals surface area contributed by atoms with Crippen molar-refractivity contribution in [3.63, 3.8) is 0 Å². The third-order valence-electron chi connectivity index (χ3n) is 3.94. The van der Waals surface area contributed by atoms with Crippen molar-refractivity contribution in [1.82, 2.24) is 5.01 Å². The monoisotopic (exact) mass is 310 g/mol. The molecule has 2 atom stereocenters. The number of hydrazone groups is 1. The van der Waals surface area contributed by atoms with Crippen LogP contribution in [0.15, 0.2) is 17.2 Å². The predicted octanol–water partition coefficient (Wildman–Crippen LogP) is 3.95. The van der Waals surface area contributed by atoms with Gasteiger partial charge in [-0.05, 0) is 50.8 Å². The second kappa shape index (κ2) is 7.03. The van der Waals surface area contributed by atoms with Crippen molar-refractivity contribution in [2.45, 2.75) is 45.2 Å². The van der Waals surface area contributed by atoms with E-state index < -0.39 is 0 Å². The summed E-state index contributed by atoms with van der Waals surface area (Å²) < 4.78 is 10.5. The second-order valence-electron chi connectivity index (χ2n) is 5.49. The average molecular weight is 311 g/mol. The maximum Gasteiger partial charge on any atom is 0.179 e. The van der Waals surface area contributed by atoms with Gasteiger partial charge in [0, 0.05) is 12.1 Å². The summed E-state index contributed by atoms with van der Waals surface area (Å²) in [5, 5.41) is 7.34. The van der Waals surface area contributed by atoms with Crippen molar-refractivity contribution in [2.24, 2.45) is 5.10 Å². The molecule has 21 heavy (non-hydrogen) atoms. The van der Waals surface area contributed by atoms with E-state index in [1.54, 1.807) is 14.2 Å². The molecule has 1 saturated heterocycles. The lowest BCUT2D eigenvalue weighted by Crippen LogP contribution is -2.39. The van der Waals surface area contributed by atoms with Crippen molar-refractivity contribution in [2.75, 3.05) is 14.2 Å². The number of methoxy groups -OCH3 is 2. The molecule has 116 valence electrons. The van der Waals surface area contributed by atoms with Crippen LogP contribution in [0.2, 0.25) is 5.02 Å². The van der Waals surface area contributed by atoms with Gasteiger partial charge in [-0.2, -0.15) is 5.10 Å². The Morgan fingerprint density at radius 3 is 2.43 bits per heavy atom. The average Bonchev–Trinajstić information content (AvgIpc) is 2.46. The Labute approximate surface area is 131 Å². The standard InChI is InChI=1S/C16H23ClN2O2/c1-11-6-5-7-12(2)19(11)18-10-13-8-14(17)16(21-4)15(9-13)20-3/h8-12H,5-7H2,1-4H3/b18-10-/t11-,12-/m1/s1. The Hall–Kier alpha value is -1.42. The summed E-state index contributed by atoms with van der Waals surface area (Å²) in [6.07, 6.45) is 5.49. The fourth-order valence-corrected chi connectivity index (χ4v) is 3.08. The molecular formula is C16H23ClN2O2. The van der Waals surface area contributed by atoms with Crippen molar-refractivity contribution in [1.29, 1.82) is 0 Å². The lowest BCUT2D eigenvalue weighted by atomic mass is 10.00. The van der Waals surface area contributed by atoms with Crippen LogP contribution >= 0.6 is 11.6 Å². The highest BCUT2D eigenvalue weighted by Gasteiger charge is 2.22. The van der Waals surface area contributed by atoms with Gasteiger partial charge in [0.05, 0.1) is 25.5 Å². The number of benzene rings is 1. The highest BCUT2D eigenvalue weighted by atomic mass is 35.5. The normalized spacial score (nSPS) is 22.6. The zero-order valence-electron chi connectivity index (χ0n) is 13.1. The van der Waals surface area contributed by atoms with E-state index in [0.717, 1.165) is 5.56 Å². The molecule has 0 bridgehead atoms. The van der Waals surface area contributed by atoms with Crippen LogP contribution in [0.4, 0.5) is 0 Å². The van der Waals surface area contributed by atoms with Gasteiger partial charge in [-0.25, -0.2) is 0 Å². The van der Waals surface area contributed by atoms with E-state index in [1.807, 2.05) is 18.3 Å². The molecule has 0 N–H and O–H groups in total. The van der Waals surface area contributed by atoms with E-state index in [4.69, 9.17) is 21.1 Å². The first-order chi connectivity index (χ1) is 10.1. The highest BCUT2D eigenvalue weighted by molar-refractivity contribution is 6.32. The first-order valence-corrected chi connectivity index (χ1v) is 7.68. The van der Waals surface area contributed by atoms with Crippen LogP contribution in [-0.4, -0.2) is 37.5 Å². The summed E-state index contributed by atoms with van der Waals surface area (Å²) >= 11 is 6.21. The maximum atomic E-state index is 6.21. The zero-order valence-corrected chi connectivity index (χ0v) is 13.9. The fourth-order valence-electron chi connectivity index (χ4n) is 2.78. The molecule has 1 aliphatic heterocycles. The first kappa shape index (κ1) is 16.0. The Balaban J connectivity index is 2.22. The molecule has 1 aromatic rings. The Kier molecular flexibility index (Phi) is 5.34. The van der Waals surface area contributed by atoms with Crippen LogP contribution in [0, 0.1) is 0 Å². The van der Waals surface area contributed by atoms with E-state index in [-0.39, 0.29) is 0 Å². The van der Waals surface area contributed by atoms with Crippen LogP contribution in [0.25, 0.3) is 0 Å². The largest absolute Gasteiger partial charge is 0.493 e. The smallest absolute Gasteiger partial charge is 0.179 e. The summed E-state index contributed by atoms with van der Waals surface area (Å²) in [5.41, 5.74) is 0.905. The topological polar surface area (TPSA) is 34.1 Å². The number of nitrogens with zero attached hydrogens (tertiary/aromatic N) is 2. The molecule has 0 aromatic heterocycles. The van der Waals surface area contributed by atoms with Gasteiger partial charge in [0.15, 0.2) is 11.5 Å². The Morgan fingerprint density at radius 1 is 1.19 bits per heavy atom. The van der Waals surface area contributed by atoms with Crippen molar-refractivity contribution in [3.05, 3.63) is 22.7 Å². The summed E-state index contributed by atoms with van der Waals surface area (Å²) in [6, 6.07) is 4.67. The van der Waals surface area contributed by atoms with Gasteiger partial charge in [0.25, 0.3) is 0 Å². The lowest BCUT2D eigenvalue weighted by molar-refractivity contribution is 0.109. The van der Waals surface area contributed by atoms with Crippen LogP contribution in [0.5, 0.6) is 11.5 Å². The van der Waals surface area contributed by atoms with Gasteiger partial charge in [0.2, 0.25) is 0 Å². The van der Waals surface area contributed by atoms with Crippen LogP contribution in [0.3, 0.4) is 0 Å². The fraction of sp³-hybridized carbons (Fsp3) is 0.562. The van der Waals surface area contributed by atoms with E-state index in [2.05, 4.69) is 24.0 Å². The van der Waals surface area contributed by atoms with Gasteiger partial charge >= 0.3 is 0 Å². The van der Waals surface area contributed by atoms with Crippen molar-refractivity contribution >= 4 is 17.8 Å². The quantitative estimate of drug-likeness (QED) is 0.790. The van der Waals surface area contributed by atoms with Crippen molar-refractivity contribution < 1.29 is 9.47 Å². The van der Waals surface area contributed by atoms with Crippen LogP contribution < -0.4 is 9.47 Å². The number of hydrogen-bond donors (Lipinski definition) is 0. The number of ether oxygens (including phenoxy) is 2.